The molecule has 2 aliphatic rings. The number of hydrogen-bond acceptors (Lipinski definition) is 2. The SMILES string of the molecule is FC(F)(F)C(F)(F)C(F)(F)c1c2nc(c(C(F)(F)C(F)(F)C(F)(F)F)c3ccc([nH]3)c(C(F)(F)C(F)(F)C(F)(F)F)c3cc(Cl)c([nH]3)c(C(F)(F)C(F)(F)C(F)(F)F)c3nc1C=C3)C=C2. The number of aromatic nitrogens is 4. The number of hydrogen-bond donors (Lipinski definition) is 2. The van der Waals surface area contributed by atoms with E-state index in [0.717, 1.165) is 9.97 Å². The maximum absolute atomic E-state index is 15.7. The Bertz CT molecular complexity index is 2630. The summed E-state index contributed by atoms with van der Waals surface area (Å²) in [6, 6.07) is -1.57. The summed E-state index contributed by atoms with van der Waals surface area (Å²) in [5, 5.41) is -2.10. The number of rotatable bonds is 8. The second-order valence-corrected chi connectivity index (χ2v) is 13.6. The quantitative estimate of drug-likeness (QED) is 0.152. The third kappa shape index (κ3) is 7.28. The van der Waals surface area contributed by atoms with Gasteiger partial charge in [-0.15, -0.1) is 0 Å². The molecule has 0 aliphatic carbocycles. The van der Waals surface area contributed by atoms with E-state index in [1.807, 2.05) is 0 Å². The lowest BCUT2D eigenvalue weighted by Gasteiger charge is -2.29. The van der Waals surface area contributed by atoms with Gasteiger partial charge in [0.15, 0.2) is 0 Å². The molecule has 0 saturated heterocycles. The van der Waals surface area contributed by atoms with Crippen LogP contribution in [0.25, 0.3) is 46.4 Å². The predicted octanol–water partition coefficient (Wildman–Crippen LogP) is 14.5. The van der Waals surface area contributed by atoms with Crippen LogP contribution >= 0.6 is 11.6 Å². The normalized spacial score (nSPS) is 15.6. The molecule has 360 valence electrons. The molecular formula is C32H9ClF28N4. The van der Waals surface area contributed by atoms with Crippen LogP contribution in [-0.4, -0.2) is 68.3 Å². The minimum absolute atomic E-state index is 0.484. The van der Waals surface area contributed by atoms with Crippen LogP contribution in [0.1, 0.15) is 45.0 Å². The van der Waals surface area contributed by atoms with Crippen molar-refractivity contribution in [2.24, 2.45) is 0 Å². The molecule has 4 nitrogen and oxygen atoms in total. The lowest BCUT2D eigenvalue weighted by Crippen LogP contribution is -2.50. The molecule has 0 unspecified atom stereocenters. The zero-order valence-corrected chi connectivity index (χ0v) is 30.2. The Morgan fingerprint density at radius 2 is 0.615 bits per heavy atom. The van der Waals surface area contributed by atoms with E-state index in [9.17, 15) is 87.8 Å². The minimum atomic E-state index is -7.57. The average molecular weight is 1020 g/mol. The zero-order chi connectivity index (χ0) is 50.3. The van der Waals surface area contributed by atoms with Gasteiger partial charge in [0, 0.05) is 0 Å². The second-order valence-electron chi connectivity index (χ2n) is 13.2. The molecule has 3 aromatic rings. The molecule has 0 atom stereocenters. The smallest absolute Gasteiger partial charge is 0.355 e. The van der Waals surface area contributed by atoms with Crippen molar-refractivity contribution in [1.29, 1.82) is 0 Å². The van der Waals surface area contributed by atoms with Crippen molar-refractivity contribution in [2.75, 3.05) is 0 Å². The number of alkyl halides is 28. The molecule has 5 heterocycles. The number of H-pyrrole nitrogens is 2. The van der Waals surface area contributed by atoms with Crippen LogP contribution < -0.4 is 0 Å². The van der Waals surface area contributed by atoms with Crippen molar-refractivity contribution in [1.82, 2.24) is 19.9 Å². The van der Waals surface area contributed by atoms with Crippen LogP contribution in [0.4, 0.5) is 123 Å². The lowest BCUT2D eigenvalue weighted by atomic mass is 9.98. The number of nitrogens with one attached hydrogen (secondary N) is 2. The van der Waals surface area contributed by atoms with Crippen molar-refractivity contribution in [3.8, 4) is 0 Å². The molecule has 8 bridgehead atoms. The first-order valence-electron chi connectivity index (χ1n) is 15.9. The number of nitrogens with zero attached hydrogens (tertiary/aromatic N) is 2. The summed E-state index contributed by atoms with van der Waals surface area (Å²) in [5.41, 5.74) is -32.5. The van der Waals surface area contributed by atoms with Crippen molar-refractivity contribution in [2.45, 2.75) is 72.1 Å². The molecule has 3 aromatic heterocycles. The van der Waals surface area contributed by atoms with E-state index in [1.165, 1.54) is 0 Å². The Hall–Kier alpha value is -5.07. The molecular weight excluding hydrogens is 1010 g/mol. The fourth-order valence-corrected chi connectivity index (χ4v) is 6.15. The second kappa shape index (κ2) is 14.5. The third-order valence-corrected chi connectivity index (χ3v) is 9.37. The highest BCUT2D eigenvalue weighted by molar-refractivity contribution is 6.34. The van der Waals surface area contributed by atoms with Gasteiger partial charge >= 0.3 is 72.1 Å². The maximum atomic E-state index is 15.7. The molecule has 0 fully saturated rings. The Morgan fingerprint density at radius 1 is 0.338 bits per heavy atom. The van der Waals surface area contributed by atoms with Crippen molar-refractivity contribution in [3.63, 3.8) is 0 Å². The lowest BCUT2D eigenvalue weighted by molar-refractivity contribution is -0.359. The zero-order valence-electron chi connectivity index (χ0n) is 29.4. The van der Waals surface area contributed by atoms with E-state index in [-0.39, 0.29) is 0 Å². The highest BCUT2D eigenvalue weighted by Gasteiger charge is 2.78. The molecule has 2 N–H and O–H groups in total. The van der Waals surface area contributed by atoms with E-state index in [1.54, 1.807) is 0 Å². The first kappa shape index (κ1) is 50.9. The maximum Gasteiger partial charge on any atom is 0.460 e. The molecule has 65 heavy (non-hydrogen) atoms. The van der Waals surface area contributed by atoms with Crippen molar-refractivity contribution >= 4 is 58.0 Å². The first-order chi connectivity index (χ1) is 28.8. The van der Waals surface area contributed by atoms with Crippen LogP contribution in [0.15, 0.2) is 18.2 Å². The van der Waals surface area contributed by atoms with Crippen LogP contribution in [0, 0.1) is 0 Å². The van der Waals surface area contributed by atoms with Crippen molar-refractivity contribution in [3.05, 3.63) is 68.3 Å². The summed E-state index contributed by atoms with van der Waals surface area (Å²) in [5.74, 6) is -58.6. The van der Waals surface area contributed by atoms with Gasteiger partial charge in [0.25, 0.3) is 0 Å². The number of halogens is 29. The molecule has 33 heteroatoms. The van der Waals surface area contributed by atoms with E-state index in [0.29, 0.717) is 0 Å². The molecule has 5 rings (SSSR count). The largest absolute Gasteiger partial charge is 0.460 e. The van der Waals surface area contributed by atoms with Crippen molar-refractivity contribution < 1.29 is 123 Å². The van der Waals surface area contributed by atoms with Gasteiger partial charge in [0.1, 0.15) is 0 Å². The van der Waals surface area contributed by atoms with Gasteiger partial charge in [-0.3, -0.25) is 0 Å². The van der Waals surface area contributed by atoms with Crippen LogP contribution in [0.5, 0.6) is 0 Å². The van der Waals surface area contributed by atoms with Gasteiger partial charge in [-0.25, -0.2) is 9.97 Å². The van der Waals surface area contributed by atoms with Crippen LogP contribution in [-0.2, 0) is 23.7 Å². The molecule has 0 amide bonds. The highest BCUT2D eigenvalue weighted by Crippen LogP contribution is 2.59. The standard InChI is InChI=1S/C32H9ClF28N4/c33-8-7-15-18(23(38,39)27(46,47)31(56,57)58)13-4-3-11(63-13)16(21(34,35)25(42,43)29(50,51)52)9-1-2-10(62-9)17(22(36,37)26(44,45)30(53,54)55)12-5-6-14(64-12)19(20(8)65-15)24(40,41)28(48,49)32(59,60)61/h1-7,63,65H. The van der Waals surface area contributed by atoms with Gasteiger partial charge in [0.05, 0.1) is 72.1 Å². The average Bonchev–Trinajstić information content (AvgIpc) is 3.93. The topological polar surface area (TPSA) is 57.4 Å². The summed E-state index contributed by atoms with van der Waals surface area (Å²) in [7, 11) is 0. The van der Waals surface area contributed by atoms with Crippen LogP contribution in [0.3, 0.4) is 0 Å². The van der Waals surface area contributed by atoms with E-state index in [4.69, 9.17) is 11.6 Å². The monoisotopic (exact) mass is 1020 g/mol. The number of aromatic amines is 2. The summed E-state index contributed by atoms with van der Waals surface area (Å²) in [4.78, 5) is 7.10. The van der Waals surface area contributed by atoms with Gasteiger partial charge in [-0.1, -0.05) is 11.6 Å². The van der Waals surface area contributed by atoms with E-state index >= 15 is 35.1 Å². The van der Waals surface area contributed by atoms with Gasteiger partial charge in [-0.2, -0.15) is 123 Å². The summed E-state index contributed by atoms with van der Waals surface area (Å²) < 4.78 is 404. The van der Waals surface area contributed by atoms with Gasteiger partial charge < -0.3 is 9.97 Å². The molecule has 0 spiro atoms. The van der Waals surface area contributed by atoms with Gasteiger partial charge in [0.2, 0.25) is 0 Å². The molecule has 0 saturated carbocycles. The van der Waals surface area contributed by atoms with E-state index in [2.05, 4.69) is 9.97 Å². The van der Waals surface area contributed by atoms with Crippen LogP contribution in [0.2, 0.25) is 5.02 Å². The minimum Gasteiger partial charge on any atom is -0.355 e. The summed E-state index contributed by atoms with van der Waals surface area (Å²) in [6.07, 6.45) is -32.1. The third-order valence-electron chi connectivity index (χ3n) is 9.08. The molecule has 0 radical (unpaired) electrons. The van der Waals surface area contributed by atoms with E-state index < -0.39 is 187 Å². The molecule has 2 aliphatic heterocycles. The van der Waals surface area contributed by atoms with Gasteiger partial charge in [-0.05, 0) is 42.5 Å². The fourth-order valence-electron chi connectivity index (χ4n) is 5.90. The molecule has 0 aromatic carbocycles. The fraction of sp³-hybridized carbons (Fsp3) is 0.375. The predicted molar refractivity (Wildman–Crippen MR) is 163 cm³/mol. The summed E-state index contributed by atoms with van der Waals surface area (Å²) >= 11 is 5.60. The summed E-state index contributed by atoms with van der Waals surface area (Å²) in [6.45, 7) is 0. The Kier molecular flexibility index (Phi) is 11.3. The Labute approximate surface area is 341 Å². The highest BCUT2D eigenvalue weighted by atomic mass is 35.5. The Morgan fingerprint density at radius 3 is 0.969 bits per heavy atom. The Balaban J connectivity index is 2.26. The number of fused-ring (bicyclic) bond motifs is 8. The first-order valence-corrected chi connectivity index (χ1v) is 16.3.